The molecule has 1 aromatic rings. The molecule has 0 bridgehead atoms. The quantitative estimate of drug-likeness (QED) is 0.526. The molecule has 1 rings (SSSR count). The van der Waals surface area contributed by atoms with Crippen molar-refractivity contribution in [3.8, 4) is 11.8 Å². The van der Waals surface area contributed by atoms with E-state index in [2.05, 4.69) is 22.5 Å². The highest BCUT2D eigenvalue weighted by Crippen LogP contribution is 2.13. The molecule has 0 fully saturated rings. The molecule has 0 atom stereocenters. The standard InChI is InChI=1S/C12H15N3O2S/c1-9(16)14-5-6-15-12(17)10-7-11(18-8-10)3-2-4-13/h7-8H,4-6,13H2,1H3,(H,14,16)(H,15,17). The lowest BCUT2D eigenvalue weighted by atomic mass is 10.3. The summed E-state index contributed by atoms with van der Waals surface area (Å²) in [5.41, 5.74) is 5.84. The first-order valence-electron chi connectivity index (χ1n) is 5.43. The number of amides is 2. The van der Waals surface area contributed by atoms with E-state index in [4.69, 9.17) is 5.73 Å². The highest BCUT2D eigenvalue weighted by molar-refractivity contribution is 7.10. The summed E-state index contributed by atoms with van der Waals surface area (Å²) >= 11 is 1.40. The Bertz CT molecular complexity index is 485. The first-order chi connectivity index (χ1) is 8.63. The third-order valence-corrected chi connectivity index (χ3v) is 2.81. The van der Waals surface area contributed by atoms with Crippen LogP contribution in [-0.2, 0) is 4.79 Å². The lowest BCUT2D eigenvalue weighted by Gasteiger charge is -2.03. The maximum absolute atomic E-state index is 11.7. The number of carbonyl (C=O) groups is 2. The van der Waals surface area contributed by atoms with Gasteiger partial charge in [-0.3, -0.25) is 9.59 Å². The van der Waals surface area contributed by atoms with Crippen LogP contribution in [0, 0.1) is 11.8 Å². The smallest absolute Gasteiger partial charge is 0.252 e. The predicted molar refractivity (Wildman–Crippen MR) is 71.3 cm³/mol. The molecule has 6 heteroatoms. The summed E-state index contributed by atoms with van der Waals surface area (Å²) in [5.74, 6) is 5.32. The van der Waals surface area contributed by atoms with E-state index in [-0.39, 0.29) is 11.8 Å². The van der Waals surface area contributed by atoms with Gasteiger partial charge >= 0.3 is 0 Å². The van der Waals surface area contributed by atoms with Crippen molar-refractivity contribution in [2.45, 2.75) is 6.92 Å². The normalized spacial score (nSPS) is 9.22. The maximum atomic E-state index is 11.7. The second kappa shape index (κ2) is 7.48. The third-order valence-electron chi connectivity index (χ3n) is 1.96. The molecular weight excluding hydrogens is 250 g/mol. The summed E-state index contributed by atoms with van der Waals surface area (Å²) in [7, 11) is 0. The van der Waals surface area contributed by atoms with Crippen molar-refractivity contribution in [1.82, 2.24) is 10.6 Å². The van der Waals surface area contributed by atoms with Crippen LogP contribution in [0.25, 0.3) is 0 Å². The molecule has 0 saturated heterocycles. The van der Waals surface area contributed by atoms with Gasteiger partial charge in [-0.15, -0.1) is 11.3 Å². The zero-order valence-corrected chi connectivity index (χ0v) is 10.9. The van der Waals surface area contributed by atoms with Crippen molar-refractivity contribution in [3.63, 3.8) is 0 Å². The maximum Gasteiger partial charge on any atom is 0.252 e. The Morgan fingerprint density at radius 2 is 2.11 bits per heavy atom. The molecule has 18 heavy (non-hydrogen) atoms. The van der Waals surface area contributed by atoms with Gasteiger partial charge < -0.3 is 16.4 Å². The Labute approximate surface area is 110 Å². The fourth-order valence-electron chi connectivity index (χ4n) is 1.18. The van der Waals surface area contributed by atoms with E-state index >= 15 is 0 Å². The lowest BCUT2D eigenvalue weighted by molar-refractivity contribution is -0.118. The van der Waals surface area contributed by atoms with Gasteiger partial charge in [0.15, 0.2) is 0 Å². The van der Waals surface area contributed by atoms with E-state index < -0.39 is 0 Å². The Hall–Kier alpha value is -1.84. The van der Waals surface area contributed by atoms with Gasteiger partial charge in [0.2, 0.25) is 5.91 Å². The SMILES string of the molecule is CC(=O)NCCNC(=O)c1csc(C#CCN)c1. The van der Waals surface area contributed by atoms with Crippen molar-refractivity contribution < 1.29 is 9.59 Å². The number of carbonyl (C=O) groups excluding carboxylic acids is 2. The molecule has 1 aromatic heterocycles. The molecule has 4 N–H and O–H groups in total. The first kappa shape index (κ1) is 14.2. The van der Waals surface area contributed by atoms with Gasteiger partial charge in [0.05, 0.1) is 17.0 Å². The minimum atomic E-state index is -0.169. The van der Waals surface area contributed by atoms with Gasteiger partial charge in [0.1, 0.15) is 0 Å². The van der Waals surface area contributed by atoms with E-state index in [0.717, 1.165) is 4.88 Å². The largest absolute Gasteiger partial charge is 0.355 e. The van der Waals surface area contributed by atoms with Crippen molar-refractivity contribution in [2.24, 2.45) is 5.73 Å². The summed E-state index contributed by atoms with van der Waals surface area (Å²) < 4.78 is 0. The molecule has 0 unspecified atom stereocenters. The van der Waals surface area contributed by atoms with Gasteiger partial charge in [-0.05, 0) is 6.07 Å². The second-order valence-electron chi connectivity index (χ2n) is 3.44. The van der Waals surface area contributed by atoms with E-state index in [0.29, 0.717) is 25.2 Å². The van der Waals surface area contributed by atoms with Gasteiger partial charge in [-0.25, -0.2) is 0 Å². The number of rotatable bonds is 4. The zero-order chi connectivity index (χ0) is 13.4. The molecule has 96 valence electrons. The number of hydrogen-bond donors (Lipinski definition) is 3. The third kappa shape index (κ3) is 4.99. The molecule has 0 aliphatic carbocycles. The molecule has 0 spiro atoms. The molecule has 0 aliphatic heterocycles. The predicted octanol–water partition coefficient (Wildman–Crippen LogP) is -0.0758. The molecule has 0 aliphatic rings. The first-order valence-corrected chi connectivity index (χ1v) is 6.31. The van der Waals surface area contributed by atoms with Gasteiger partial charge in [0.25, 0.3) is 5.91 Å². The second-order valence-corrected chi connectivity index (χ2v) is 4.36. The molecule has 0 aromatic carbocycles. The minimum Gasteiger partial charge on any atom is -0.355 e. The van der Waals surface area contributed by atoms with Crippen LogP contribution in [0.1, 0.15) is 22.2 Å². The molecule has 1 heterocycles. The van der Waals surface area contributed by atoms with Crippen molar-refractivity contribution in [3.05, 3.63) is 21.9 Å². The van der Waals surface area contributed by atoms with Crippen LogP contribution in [0.5, 0.6) is 0 Å². The number of hydrogen-bond acceptors (Lipinski definition) is 4. The fourth-order valence-corrected chi connectivity index (χ4v) is 1.93. The van der Waals surface area contributed by atoms with E-state index in [1.807, 2.05) is 0 Å². The summed E-state index contributed by atoms with van der Waals surface area (Å²) in [5, 5.41) is 7.05. The molecular formula is C12H15N3O2S. The van der Waals surface area contributed by atoms with Gasteiger partial charge in [-0.1, -0.05) is 11.8 Å². The summed E-state index contributed by atoms with van der Waals surface area (Å²) in [6.45, 7) is 2.56. The van der Waals surface area contributed by atoms with E-state index in [1.165, 1.54) is 18.3 Å². The van der Waals surface area contributed by atoms with Crippen molar-refractivity contribution >= 4 is 23.2 Å². The Morgan fingerprint density at radius 1 is 1.39 bits per heavy atom. The molecule has 5 nitrogen and oxygen atoms in total. The fraction of sp³-hybridized carbons (Fsp3) is 0.333. The Balaban J connectivity index is 2.42. The zero-order valence-electron chi connectivity index (χ0n) is 10.1. The summed E-state index contributed by atoms with van der Waals surface area (Å²) in [4.78, 5) is 23.1. The van der Waals surface area contributed by atoms with Crippen molar-refractivity contribution in [1.29, 1.82) is 0 Å². The lowest BCUT2D eigenvalue weighted by Crippen LogP contribution is -2.33. The van der Waals surface area contributed by atoms with Crippen molar-refractivity contribution in [2.75, 3.05) is 19.6 Å². The number of nitrogens with one attached hydrogen (secondary N) is 2. The minimum absolute atomic E-state index is 0.112. The van der Waals surface area contributed by atoms with Gasteiger partial charge in [-0.2, -0.15) is 0 Å². The Morgan fingerprint density at radius 3 is 2.78 bits per heavy atom. The number of thiophene rings is 1. The Kier molecular flexibility index (Phi) is 5.91. The summed E-state index contributed by atoms with van der Waals surface area (Å²) in [6.07, 6.45) is 0. The average molecular weight is 265 g/mol. The monoisotopic (exact) mass is 265 g/mol. The van der Waals surface area contributed by atoms with Crippen LogP contribution < -0.4 is 16.4 Å². The van der Waals surface area contributed by atoms with Crippen LogP contribution >= 0.6 is 11.3 Å². The van der Waals surface area contributed by atoms with E-state index in [1.54, 1.807) is 11.4 Å². The van der Waals surface area contributed by atoms with Crippen LogP contribution in [0.2, 0.25) is 0 Å². The van der Waals surface area contributed by atoms with E-state index in [9.17, 15) is 9.59 Å². The topological polar surface area (TPSA) is 84.2 Å². The summed E-state index contributed by atoms with van der Waals surface area (Å²) in [6, 6.07) is 1.72. The van der Waals surface area contributed by atoms with Crippen LogP contribution in [0.3, 0.4) is 0 Å². The molecule has 0 saturated carbocycles. The van der Waals surface area contributed by atoms with Crippen LogP contribution in [0.15, 0.2) is 11.4 Å². The highest BCUT2D eigenvalue weighted by atomic mass is 32.1. The highest BCUT2D eigenvalue weighted by Gasteiger charge is 2.06. The molecule has 0 radical (unpaired) electrons. The average Bonchev–Trinajstić information content (AvgIpc) is 2.80. The van der Waals surface area contributed by atoms with Crippen LogP contribution in [0.4, 0.5) is 0 Å². The van der Waals surface area contributed by atoms with Gasteiger partial charge in [0, 0.05) is 25.4 Å². The van der Waals surface area contributed by atoms with Crippen LogP contribution in [-0.4, -0.2) is 31.4 Å². The number of nitrogens with two attached hydrogens (primary N) is 1. The molecule has 2 amide bonds.